The lowest BCUT2D eigenvalue weighted by Gasteiger charge is -2.29. The fourth-order valence-corrected chi connectivity index (χ4v) is 2.52. The fraction of sp³-hybridized carbons (Fsp3) is 0.571. The third-order valence-electron chi connectivity index (χ3n) is 3.62. The number of hydrogen-bond donors (Lipinski definition) is 5. The summed E-state index contributed by atoms with van der Waals surface area (Å²) in [4.78, 5) is 0. The molecule has 0 radical (unpaired) electrons. The Bertz CT molecular complexity index is 463. The van der Waals surface area contributed by atoms with E-state index in [0.29, 0.717) is 17.6 Å². The highest BCUT2D eigenvalue weighted by atomic mass is 16.8. The second kappa shape index (κ2) is 6.51. The number of hydrogen-bond acceptors (Lipinski definition) is 5. The molecule has 1 heterocycles. The number of quaternary nitrogens is 1. The number of rotatable bonds is 5. The first-order valence-electron chi connectivity index (χ1n) is 7.01. The summed E-state index contributed by atoms with van der Waals surface area (Å²) < 4.78 is 0. The minimum absolute atomic E-state index is 0.177. The average Bonchev–Trinajstić information content (AvgIpc) is 2.43. The van der Waals surface area contributed by atoms with Gasteiger partial charge in [-0.3, -0.25) is 0 Å². The van der Waals surface area contributed by atoms with Crippen molar-refractivity contribution < 1.29 is 15.5 Å². The molecule has 1 aromatic rings. The molecule has 0 fully saturated rings. The van der Waals surface area contributed by atoms with Crippen LogP contribution in [0.2, 0.25) is 0 Å². The van der Waals surface area contributed by atoms with Gasteiger partial charge in [-0.15, -0.1) is 0 Å². The highest BCUT2D eigenvalue weighted by molar-refractivity contribution is 5.62. The maximum absolute atomic E-state index is 11.2. The Balaban J connectivity index is 2.16. The summed E-state index contributed by atoms with van der Waals surface area (Å²) >= 11 is 0. The van der Waals surface area contributed by atoms with Gasteiger partial charge < -0.3 is 20.9 Å². The van der Waals surface area contributed by atoms with E-state index in [4.69, 9.17) is 0 Å². The molecule has 0 spiro atoms. The van der Waals surface area contributed by atoms with Gasteiger partial charge in [0.05, 0.1) is 6.61 Å². The van der Waals surface area contributed by atoms with E-state index in [-0.39, 0.29) is 12.3 Å². The molecule has 0 aromatic heterocycles. The highest BCUT2D eigenvalue weighted by Gasteiger charge is 2.21. The van der Waals surface area contributed by atoms with Crippen LogP contribution >= 0.6 is 0 Å². The normalized spacial score (nSPS) is 19.6. The van der Waals surface area contributed by atoms with Crippen LogP contribution in [0.1, 0.15) is 31.4 Å². The summed E-state index contributed by atoms with van der Waals surface area (Å²) in [5, 5.41) is 35.5. The van der Waals surface area contributed by atoms with Crippen molar-refractivity contribution in [1.82, 2.24) is 5.32 Å². The predicted octanol–water partition coefficient (Wildman–Crippen LogP) is 0.307. The van der Waals surface area contributed by atoms with Crippen LogP contribution in [-0.4, -0.2) is 28.9 Å². The SMILES string of the molecule is CC(C)NCC1CCc2cc(CO)c([NH+]([O-])O)cc2N1. The number of aliphatic hydroxyl groups is 1. The predicted molar refractivity (Wildman–Crippen MR) is 77.0 cm³/mol. The van der Waals surface area contributed by atoms with E-state index >= 15 is 0 Å². The smallest absolute Gasteiger partial charge is 0.171 e. The molecule has 0 bridgehead atoms. The molecular weight excluding hydrogens is 258 g/mol. The maximum atomic E-state index is 11.2. The summed E-state index contributed by atoms with van der Waals surface area (Å²) in [5.74, 6) is 0. The van der Waals surface area contributed by atoms with Crippen LogP contribution in [0.5, 0.6) is 0 Å². The third-order valence-corrected chi connectivity index (χ3v) is 3.62. The Morgan fingerprint density at radius 2 is 2.25 bits per heavy atom. The van der Waals surface area contributed by atoms with E-state index in [1.165, 1.54) is 0 Å². The summed E-state index contributed by atoms with van der Waals surface area (Å²) in [7, 11) is 0. The van der Waals surface area contributed by atoms with E-state index in [9.17, 15) is 15.5 Å². The van der Waals surface area contributed by atoms with Crippen LogP contribution in [0.4, 0.5) is 11.4 Å². The van der Waals surface area contributed by atoms with Crippen LogP contribution in [0.25, 0.3) is 0 Å². The molecule has 0 saturated carbocycles. The minimum Gasteiger partial charge on any atom is -0.595 e. The first kappa shape index (κ1) is 15.2. The van der Waals surface area contributed by atoms with E-state index in [2.05, 4.69) is 24.5 Å². The van der Waals surface area contributed by atoms with E-state index in [1.807, 2.05) is 0 Å². The molecule has 2 atom stereocenters. The zero-order valence-electron chi connectivity index (χ0n) is 11.9. The number of nitrogens with one attached hydrogen (secondary N) is 3. The van der Waals surface area contributed by atoms with Gasteiger partial charge in [0.1, 0.15) is 0 Å². The van der Waals surface area contributed by atoms with Crippen LogP contribution in [-0.2, 0) is 13.0 Å². The van der Waals surface area contributed by atoms with Crippen molar-refractivity contribution in [1.29, 1.82) is 0 Å². The van der Waals surface area contributed by atoms with Crippen molar-refractivity contribution in [2.45, 2.75) is 45.4 Å². The Labute approximate surface area is 118 Å². The summed E-state index contributed by atoms with van der Waals surface area (Å²) in [6, 6.07) is 4.19. The third kappa shape index (κ3) is 3.47. The zero-order chi connectivity index (χ0) is 14.7. The van der Waals surface area contributed by atoms with Gasteiger partial charge in [-0.2, -0.15) is 5.23 Å². The van der Waals surface area contributed by atoms with Crippen molar-refractivity contribution in [3.8, 4) is 0 Å². The zero-order valence-corrected chi connectivity index (χ0v) is 11.9. The fourth-order valence-electron chi connectivity index (χ4n) is 2.52. The molecule has 1 aliphatic rings. The first-order chi connectivity index (χ1) is 9.51. The molecule has 0 aliphatic carbocycles. The Morgan fingerprint density at radius 3 is 2.85 bits per heavy atom. The Hall–Kier alpha value is -1.18. The van der Waals surface area contributed by atoms with Crippen molar-refractivity contribution in [3.05, 3.63) is 28.5 Å². The van der Waals surface area contributed by atoms with Gasteiger partial charge in [-0.25, -0.2) is 5.21 Å². The van der Waals surface area contributed by atoms with Crippen molar-refractivity contribution >= 4 is 11.4 Å². The maximum Gasteiger partial charge on any atom is 0.171 e. The molecule has 1 aromatic carbocycles. The van der Waals surface area contributed by atoms with Crippen LogP contribution in [0, 0.1) is 5.21 Å². The molecule has 112 valence electrons. The monoisotopic (exact) mass is 281 g/mol. The number of benzene rings is 1. The van der Waals surface area contributed by atoms with Crippen LogP contribution in [0.3, 0.4) is 0 Å². The number of aryl methyl sites for hydroxylation is 1. The van der Waals surface area contributed by atoms with Gasteiger partial charge in [0.25, 0.3) is 0 Å². The summed E-state index contributed by atoms with van der Waals surface area (Å²) in [5.41, 5.74) is 2.62. The van der Waals surface area contributed by atoms with Gasteiger partial charge in [0, 0.05) is 35.9 Å². The average molecular weight is 281 g/mol. The van der Waals surface area contributed by atoms with Gasteiger partial charge in [-0.05, 0) is 24.5 Å². The molecule has 1 aliphatic heterocycles. The molecule has 6 nitrogen and oxygen atoms in total. The summed E-state index contributed by atoms with van der Waals surface area (Å²) in [6.07, 6.45) is 1.91. The molecule has 5 N–H and O–H groups in total. The van der Waals surface area contributed by atoms with E-state index in [1.54, 1.807) is 12.1 Å². The quantitative estimate of drug-likeness (QED) is 0.501. The lowest BCUT2D eigenvalue weighted by Crippen LogP contribution is -2.99. The Kier molecular flexibility index (Phi) is 4.95. The van der Waals surface area contributed by atoms with Gasteiger partial charge in [-0.1, -0.05) is 13.8 Å². The molecule has 6 heteroatoms. The summed E-state index contributed by atoms with van der Waals surface area (Å²) in [6.45, 7) is 4.83. The Morgan fingerprint density at radius 1 is 1.50 bits per heavy atom. The molecule has 0 saturated heterocycles. The van der Waals surface area contributed by atoms with Crippen molar-refractivity contribution in [2.24, 2.45) is 0 Å². The van der Waals surface area contributed by atoms with Gasteiger partial charge >= 0.3 is 0 Å². The highest BCUT2D eigenvalue weighted by Crippen LogP contribution is 2.29. The number of aliphatic hydroxyl groups excluding tert-OH is 1. The van der Waals surface area contributed by atoms with Gasteiger partial charge in [0.15, 0.2) is 5.69 Å². The standard InChI is InChI=1S/C14H23N3O3/c1-9(2)15-7-12-4-3-10-5-11(8-18)14(17(19)20)6-13(10)16-12/h5-6,9,12,15-19H,3-4,7-8H2,1-2H3. The molecule has 2 rings (SSSR count). The van der Waals surface area contributed by atoms with E-state index < -0.39 is 5.23 Å². The minimum atomic E-state index is -0.999. The van der Waals surface area contributed by atoms with Crippen molar-refractivity contribution in [2.75, 3.05) is 11.9 Å². The number of fused-ring (bicyclic) bond motifs is 1. The lowest BCUT2D eigenvalue weighted by molar-refractivity contribution is -0.991. The second-order valence-corrected chi connectivity index (χ2v) is 5.57. The molecule has 2 unspecified atom stereocenters. The molecule has 0 amide bonds. The first-order valence-corrected chi connectivity index (χ1v) is 7.01. The largest absolute Gasteiger partial charge is 0.595 e. The van der Waals surface area contributed by atoms with Crippen LogP contribution in [0.15, 0.2) is 12.1 Å². The van der Waals surface area contributed by atoms with Gasteiger partial charge in [0.2, 0.25) is 0 Å². The lowest BCUT2D eigenvalue weighted by atomic mass is 9.95. The second-order valence-electron chi connectivity index (χ2n) is 5.57. The van der Waals surface area contributed by atoms with Crippen LogP contribution < -0.4 is 15.9 Å². The molecule has 20 heavy (non-hydrogen) atoms. The molecular formula is C14H23N3O3. The van der Waals surface area contributed by atoms with Crippen molar-refractivity contribution in [3.63, 3.8) is 0 Å². The number of anilines is 1. The van der Waals surface area contributed by atoms with E-state index in [0.717, 1.165) is 30.6 Å². The topological polar surface area (TPSA) is 92.0 Å².